The van der Waals surface area contributed by atoms with Crippen LogP contribution in [0.1, 0.15) is 34.1 Å². The summed E-state index contributed by atoms with van der Waals surface area (Å²) in [5, 5.41) is 6.16. The lowest BCUT2D eigenvalue weighted by molar-refractivity contribution is -0.146. The van der Waals surface area contributed by atoms with E-state index in [0.29, 0.717) is 16.9 Å². The van der Waals surface area contributed by atoms with Crippen LogP contribution in [0.2, 0.25) is 0 Å². The molecule has 1 aromatic heterocycles. The predicted molar refractivity (Wildman–Crippen MR) is 94.1 cm³/mol. The second kappa shape index (κ2) is 8.98. The van der Waals surface area contributed by atoms with E-state index in [1.807, 2.05) is 0 Å². The average molecular weight is 361 g/mol. The van der Waals surface area contributed by atoms with Gasteiger partial charge in [-0.25, -0.2) is 0 Å². The van der Waals surface area contributed by atoms with Crippen molar-refractivity contribution >= 4 is 29.0 Å². The molecular formula is C18H19NO5S. The summed E-state index contributed by atoms with van der Waals surface area (Å²) in [7, 11) is 1.54. The number of Topliss-reactive ketones (excluding diaryl/α,β-unsaturated/α-hetero) is 1. The zero-order valence-corrected chi connectivity index (χ0v) is 14.8. The maximum absolute atomic E-state index is 12.2. The molecule has 0 spiro atoms. The number of rotatable bonds is 8. The zero-order chi connectivity index (χ0) is 18.2. The number of hydrogen-bond acceptors (Lipinski definition) is 6. The van der Waals surface area contributed by atoms with Crippen LogP contribution in [0, 0.1) is 0 Å². The highest BCUT2D eigenvalue weighted by molar-refractivity contribution is 7.08. The Morgan fingerprint density at radius 3 is 2.44 bits per heavy atom. The Kier molecular flexibility index (Phi) is 6.71. The Labute approximate surface area is 149 Å². The van der Waals surface area contributed by atoms with Crippen LogP contribution in [0.5, 0.6) is 5.75 Å². The number of amides is 1. The third-order valence-electron chi connectivity index (χ3n) is 3.45. The first-order valence-corrected chi connectivity index (χ1v) is 8.63. The van der Waals surface area contributed by atoms with Gasteiger partial charge in [0, 0.05) is 23.1 Å². The molecule has 132 valence electrons. The molecule has 25 heavy (non-hydrogen) atoms. The molecule has 2 rings (SSSR count). The molecule has 0 saturated carbocycles. The van der Waals surface area contributed by atoms with Gasteiger partial charge >= 0.3 is 5.97 Å². The molecule has 0 bridgehead atoms. The van der Waals surface area contributed by atoms with Crippen molar-refractivity contribution in [2.75, 3.05) is 13.7 Å². The van der Waals surface area contributed by atoms with Crippen LogP contribution in [-0.4, -0.2) is 37.4 Å². The van der Waals surface area contributed by atoms with Gasteiger partial charge in [-0.2, -0.15) is 11.3 Å². The first-order chi connectivity index (χ1) is 12.0. The van der Waals surface area contributed by atoms with Gasteiger partial charge in [-0.3, -0.25) is 14.4 Å². The number of methoxy groups -OCH3 is 1. The molecule has 0 aliphatic carbocycles. The van der Waals surface area contributed by atoms with Gasteiger partial charge in [0.2, 0.25) is 5.78 Å². The number of esters is 1. The van der Waals surface area contributed by atoms with Crippen LogP contribution < -0.4 is 10.1 Å². The number of hydrogen-bond donors (Lipinski definition) is 1. The van der Waals surface area contributed by atoms with Crippen LogP contribution in [-0.2, 0) is 9.53 Å². The number of thiophene rings is 1. The van der Waals surface area contributed by atoms with Crippen molar-refractivity contribution in [1.29, 1.82) is 0 Å². The van der Waals surface area contributed by atoms with Crippen LogP contribution in [0.3, 0.4) is 0 Å². The summed E-state index contributed by atoms with van der Waals surface area (Å²) >= 11 is 1.42. The second-order valence-corrected chi connectivity index (χ2v) is 6.02. The van der Waals surface area contributed by atoms with Gasteiger partial charge in [0.05, 0.1) is 13.5 Å². The summed E-state index contributed by atoms with van der Waals surface area (Å²) < 4.78 is 10.2. The van der Waals surface area contributed by atoms with Gasteiger partial charge in [0.1, 0.15) is 5.75 Å². The fourth-order valence-corrected chi connectivity index (χ4v) is 2.71. The van der Waals surface area contributed by atoms with Gasteiger partial charge in [-0.15, -0.1) is 0 Å². The first kappa shape index (κ1) is 18.7. The van der Waals surface area contributed by atoms with E-state index >= 15 is 0 Å². The SMILES string of the molecule is COc1ccc(C(=O)C(C)OC(=O)CCNC(=O)c2ccsc2)cc1. The van der Waals surface area contributed by atoms with Crippen LogP contribution in [0.15, 0.2) is 41.1 Å². The summed E-state index contributed by atoms with van der Waals surface area (Å²) in [5.74, 6) is -0.433. The van der Waals surface area contributed by atoms with Crippen LogP contribution in [0.25, 0.3) is 0 Å². The minimum atomic E-state index is -0.895. The first-order valence-electron chi connectivity index (χ1n) is 7.69. The van der Waals surface area contributed by atoms with Crippen molar-refractivity contribution < 1.29 is 23.9 Å². The molecular weight excluding hydrogens is 342 g/mol. The quantitative estimate of drug-likeness (QED) is 0.577. The molecule has 1 heterocycles. The number of carbonyl (C=O) groups is 3. The summed E-state index contributed by atoms with van der Waals surface area (Å²) in [6.07, 6.45) is -0.899. The van der Waals surface area contributed by atoms with Crippen molar-refractivity contribution in [2.45, 2.75) is 19.4 Å². The van der Waals surface area contributed by atoms with Gasteiger partial charge in [0.15, 0.2) is 6.10 Å². The smallest absolute Gasteiger partial charge is 0.308 e. The van der Waals surface area contributed by atoms with E-state index in [4.69, 9.17) is 9.47 Å². The molecule has 2 aromatic rings. The molecule has 0 fully saturated rings. The molecule has 1 unspecified atom stereocenters. The third-order valence-corrected chi connectivity index (χ3v) is 4.13. The van der Waals surface area contributed by atoms with Crippen molar-refractivity contribution in [3.63, 3.8) is 0 Å². The van der Waals surface area contributed by atoms with Crippen LogP contribution in [0.4, 0.5) is 0 Å². The lowest BCUT2D eigenvalue weighted by Crippen LogP contribution is -2.29. The summed E-state index contributed by atoms with van der Waals surface area (Å²) in [6, 6.07) is 8.27. The summed E-state index contributed by atoms with van der Waals surface area (Å²) in [6.45, 7) is 1.67. The molecule has 0 saturated heterocycles. The minimum Gasteiger partial charge on any atom is -0.497 e. The number of ether oxygens (including phenoxy) is 2. The van der Waals surface area contributed by atoms with Gasteiger partial charge < -0.3 is 14.8 Å². The number of ketones is 1. The molecule has 0 aliphatic heterocycles. The summed E-state index contributed by atoms with van der Waals surface area (Å²) in [4.78, 5) is 35.8. The van der Waals surface area contributed by atoms with E-state index in [-0.39, 0.29) is 24.7 Å². The fraction of sp³-hybridized carbons (Fsp3) is 0.278. The number of nitrogens with one attached hydrogen (secondary N) is 1. The standard InChI is InChI=1S/C18H19NO5S/c1-12(17(21)13-3-5-15(23-2)6-4-13)24-16(20)7-9-19-18(22)14-8-10-25-11-14/h3-6,8,10-12H,7,9H2,1-2H3,(H,19,22). The molecule has 1 amide bonds. The normalized spacial score (nSPS) is 11.4. The maximum atomic E-state index is 12.2. The highest BCUT2D eigenvalue weighted by Gasteiger charge is 2.19. The molecule has 1 atom stereocenters. The van der Waals surface area contributed by atoms with E-state index in [1.165, 1.54) is 18.3 Å². The van der Waals surface area contributed by atoms with E-state index in [9.17, 15) is 14.4 Å². The minimum absolute atomic E-state index is 0.00386. The van der Waals surface area contributed by atoms with E-state index in [1.54, 1.807) is 48.2 Å². The van der Waals surface area contributed by atoms with Gasteiger partial charge in [0.25, 0.3) is 5.91 Å². The molecule has 0 radical (unpaired) electrons. The molecule has 6 nitrogen and oxygen atoms in total. The Bertz CT molecular complexity index is 724. The third kappa shape index (κ3) is 5.42. The van der Waals surface area contributed by atoms with Crippen molar-refractivity contribution in [3.05, 3.63) is 52.2 Å². The predicted octanol–water partition coefficient (Wildman–Crippen LogP) is 2.69. The van der Waals surface area contributed by atoms with Crippen LogP contribution >= 0.6 is 11.3 Å². The van der Waals surface area contributed by atoms with Crippen molar-refractivity contribution in [3.8, 4) is 5.75 Å². The highest BCUT2D eigenvalue weighted by atomic mass is 32.1. The van der Waals surface area contributed by atoms with Crippen molar-refractivity contribution in [2.24, 2.45) is 0 Å². The van der Waals surface area contributed by atoms with E-state index < -0.39 is 12.1 Å². The molecule has 0 aliphatic rings. The monoisotopic (exact) mass is 361 g/mol. The van der Waals surface area contributed by atoms with E-state index in [0.717, 1.165) is 0 Å². The Morgan fingerprint density at radius 1 is 1.12 bits per heavy atom. The largest absolute Gasteiger partial charge is 0.497 e. The summed E-state index contributed by atoms with van der Waals surface area (Å²) in [5.41, 5.74) is 0.994. The average Bonchev–Trinajstić information content (AvgIpc) is 3.15. The van der Waals surface area contributed by atoms with Gasteiger partial charge in [-0.1, -0.05) is 0 Å². The van der Waals surface area contributed by atoms with Crippen molar-refractivity contribution in [1.82, 2.24) is 5.32 Å². The number of carbonyl (C=O) groups excluding carboxylic acids is 3. The topological polar surface area (TPSA) is 81.7 Å². The maximum Gasteiger partial charge on any atom is 0.308 e. The molecule has 1 N–H and O–H groups in total. The van der Waals surface area contributed by atoms with Gasteiger partial charge in [-0.05, 0) is 42.6 Å². The Morgan fingerprint density at radius 2 is 1.84 bits per heavy atom. The Hall–Kier alpha value is -2.67. The highest BCUT2D eigenvalue weighted by Crippen LogP contribution is 2.14. The van der Waals surface area contributed by atoms with E-state index in [2.05, 4.69) is 5.32 Å². The zero-order valence-electron chi connectivity index (χ0n) is 14.0. The fourth-order valence-electron chi connectivity index (χ4n) is 2.07. The lowest BCUT2D eigenvalue weighted by Gasteiger charge is -2.13. The number of benzene rings is 1. The molecule has 1 aromatic carbocycles. The lowest BCUT2D eigenvalue weighted by atomic mass is 10.1. The molecule has 7 heteroatoms. The second-order valence-electron chi connectivity index (χ2n) is 5.24. The Balaban J connectivity index is 1.76.